The normalized spacial score (nSPS) is 26.2. The van der Waals surface area contributed by atoms with E-state index in [0.29, 0.717) is 6.61 Å². The molecule has 4 nitrogen and oxygen atoms in total. The monoisotopic (exact) mass is 279 g/mol. The summed E-state index contributed by atoms with van der Waals surface area (Å²) in [6.45, 7) is 2.99. The number of nitrogens with one attached hydrogen (secondary N) is 1. The lowest BCUT2D eigenvalue weighted by Crippen LogP contribution is -2.49. The van der Waals surface area contributed by atoms with Gasteiger partial charge in [0.2, 0.25) is 0 Å². The van der Waals surface area contributed by atoms with Gasteiger partial charge in [-0.05, 0) is 43.5 Å². The molecule has 0 radical (unpaired) electrons. The topological polar surface area (TPSA) is 50.7 Å². The first-order valence-corrected chi connectivity index (χ1v) is 7.36. The van der Waals surface area contributed by atoms with Gasteiger partial charge in [-0.1, -0.05) is 13.3 Å². The summed E-state index contributed by atoms with van der Waals surface area (Å²) in [5.41, 5.74) is 0.740. The molecular weight excluding hydrogens is 254 g/mol. The summed E-state index contributed by atoms with van der Waals surface area (Å²) in [6, 6.07) is 7.83. The predicted molar refractivity (Wildman–Crippen MR) is 80.3 cm³/mol. The average Bonchev–Trinajstić information content (AvgIpc) is 2.49. The van der Waals surface area contributed by atoms with E-state index in [1.54, 1.807) is 7.11 Å². The number of hydrogen-bond acceptors (Lipinski definition) is 4. The van der Waals surface area contributed by atoms with Crippen LogP contribution in [0.1, 0.15) is 32.6 Å². The maximum absolute atomic E-state index is 9.85. The van der Waals surface area contributed by atoms with Crippen LogP contribution in [0.3, 0.4) is 0 Å². The van der Waals surface area contributed by atoms with E-state index >= 15 is 0 Å². The highest BCUT2D eigenvalue weighted by Crippen LogP contribution is 2.31. The highest BCUT2D eigenvalue weighted by molar-refractivity contribution is 5.48. The van der Waals surface area contributed by atoms with Crippen molar-refractivity contribution < 1.29 is 14.6 Å². The summed E-state index contributed by atoms with van der Waals surface area (Å²) in [5, 5.41) is 13.3. The van der Waals surface area contributed by atoms with Crippen LogP contribution in [-0.4, -0.2) is 37.1 Å². The number of anilines is 1. The summed E-state index contributed by atoms with van der Waals surface area (Å²) < 4.78 is 10.9. The molecule has 0 bridgehead atoms. The van der Waals surface area contributed by atoms with Gasteiger partial charge < -0.3 is 19.9 Å². The molecular formula is C16H25NO3. The summed E-state index contributed by atoms with van der Waals surface area (Å²) in [7, 11) is 1.66. The van der Waals surface area contributed by atoms with E-state index in [2.05, 4.69) is 12.2 Å². The molecule has 1 aromatic rings. The van der Waals surface area contributed by atoms with Gasteiger partial charge in [0.05, 0.1) is 25.4 Å². The fourth-order valence-corrected chi connectivity index (χ4v) is 2.80. The van der Waals surface area contributed by atoms with Gasteiger partial charge >= 0.3 is 0 Å². The van der Waals surface area contributed by atoms with Crippen LogP contribution in [0.5, 0.6) is 5.75 Å². The highest BCUT2D eigenvalue weighted by atomic mass is 16.5. The molecule has 0 aliphatic carbocycles. The van der Waals surface area contributed by atoms with Crippen molar-refractivity contribution in [3.8, 4) is 5.75 Å². The maximum Gasteiger partial charge on any atom is 0.119 e. The molecule has 0 amide bonds. The maximum atomic E-state index is 9.85. The van der Waals surface area contributed by atoms with Crippen molar-refractivity contribution in [1.29, 1.82) is 0 Å². The van der Waals surface area contributed by atoms with Gasteiger partial charge in [-0.3, -0.25) is 0 Å². The van der Waals surface area contributed by atoms with Crippen LogP contribution in [-0.2, 0) is 4.74 Å². The van der Waals surface area contributed by atoms with Crippen LogP contribution >= 0.6 is 0 Å². The number of benzene rings is 1. The van der Waals surface area contributed by atoms with E-state index in [4.69, 9.17) is 9.47 Å². The number of hydrogen-bond donors (Lipinski definition) is 2. The van der Waals surface area contributed by atoms with E-state index < -0.39 is 0 Å². The van der Waals surface area contributed by atoms with Crippen molar-refractivity contribution >= 4 is 5.69 Å². The quantitative estimate of drug-likeness (QED) is 0.840. The van der Waals surface area contributed by atoms with Crippen LogP contribution in [0.4, 0.5) is 5.69 Å². The van der Waals surface area contributed by atoms with Crippen molar-refractivity contribution in [2.45, 2.75) is 44.2 Å². The van der Waals surface area contributed by atoms with E-state index in [-0.39, 0.29) is 18.2 Å². The predicted octanol–water partition coefficient (Wildman–Crippen LogP) is 2.82. The van der Waals surface area contributed by atoms with Gasteiger partial charge in [0.25, 0.3) is 0 Å². The van der Waals surface area contributed by atoms with Crippen LogP contribution in [0.2, 0.25) is 0 Å². The Bertz CT molecular complexity index is 405. The van der Waals surface area contributed by atoms with E-state index in [1.807, 2.05) is 24.3 Å². The first-order valence-electron chi connectivity index (χ1n) is 7.36. The molecule has 1 fully saturated rings. The van der Waals surface area contributed by atoms with Gasteiger partial charge in [-0.25, -0.2) is 0 Å². The first kappa shape index (κ1) is 15.1. The van der Waals surface area contributed by atoms with Gasteiger partial charge in [0, 0.05) is 12.3 Å². The van der Waals surface area contributed by atoms with Crippen LogP contribution in [0.15, 0.2) is 24.3 Å². The third-order valence-electron chi connectivity index (χ3n) is 3.97. The minimum absolute atomic E-state index is 0.128. The minimum atomic E-state index is -0.271. The van der Waals surface area contributed by atoms with Crippen molar-refractivity contribution in [3.63, 3.8) is 0 Å². The third-order valence-corrected chi connectivity index (χ3v) is 3.97. The van der Waals surface area contributed by atoms with Gasteiger partial charge in [0.1, 0.15) is 5.75 Å². The Morgan fingerprint density at radius 3 is 2.75 bits per heavy atom. The molecule has 1 saturated heterocycles. The number of ether oxygens (including phenoxy) is 2. The second kappa shape index (κ2) is 6.95. The number of rotatable bonds is 6. The molecule has 0 spiro atoms. The Kier molecular flexibility index (Phi) is 5.26. The summed E-state index contributed by atoms with van der Waals surface area (Å²) in [6.07, 6.45) is 4.08. The zero-order valence-electron chi connectivity index (χ0n) is 12.4. The van der Waals surface area contributed by atoms with Crippen LogP contribution in [0.25, 0.3) is 0 Å². The SMILES string of the molecule is CCCC1CC(CO)(Nc2ccc(OC)cc2)CCO1. The molecule has 1 aliphatic rings. The molecule has 0 saturated carbocycles. The molecule has 2 unspecified atom stereocenters. The number of aliphatic hydroxyl groups excluding tert-OH is 1. The zero-order valence-corrected chi connectivity index (χ0v) is 12.4. The Morgan fingerprint density at radius 1 is 1.40 bits per heavy atom. The molecule has 1 aliphatic heterocycles. The van der Waals surface area contributed by atoms with Crippen molar-refractivity contribution in [2.75, 3.05) is 25.6 Å². The second-order valence-corrected chi connectivity index (χ2v) is 5.53. The second-order valence-electron chi connectivity index (χ2n) is 5.53. The highest BCUT2D eigenvalue weighted by Gasteiger charge is 2.36. The summed E-state index contributed by atoms with van der Waals surface area (Å²) >= 11 is 0. The smallest absolute Gasteiger partial charge is 0.119 e. The molecule has 0 aromatic heterocycles. The molecule has 2 rings (SSSR count). The molecule has 1 heterocycles. The molecule has 112 valence electrons. The standard InChI is InChI=1S/C16H25NO3/c1-3-4-15-11-16(12-18,9-10-20-15)17-13-5-7-14(19-2)8-6-13/h5-8,15,17-18H,3-4,9-12H2,1-2H3. The molecule has 4 heteroatoms. The Labute approximate surface area is 121 Å². The summed E-state index contributed by atoms with van der Waals surface area (Å²) in [5.74, 6) is 0.837. The van der Waals surface area contributed by atoms with Gasteiger partial charge in [-0.2, -0.15) is 0 Å². The van der Waals surface area contributed by atoms with Crippen molar-refractivity contribution in [1.82, 2.24) is 0 Å². The molecule has 1 aromatic carbocycles. The fraction of sp³-hybridized carbons (Fsp3) is 0.625. The number of aliphatic hydroxyl groups is 1. The van der Waals surface area contributed by atoms with E-state index in [1.165, 1.54) is 0 Å². The lowest BCUT2D eigenvalue weighted by Gasteiger charge is -2.41. The lowest BCUT2D eigenvalue weighted by atomic mass is 9.85. The first-order chi connectivity index (χ1) is 9.71. The van der Waals surface area contributed by atoms with E-state index in [0.717, 1.165) is 37.1 Å². The zero-order chi connectivity index (χ0) is 14.4. The van der Waals surface area contributed by atoms with E-state index in [9.17, 15) is 5.11 Å². The van der Waals surface area contributed by atoms with Gasteiger partial charge in [-0.15, -0.1) is 0 Å². The molecule has 20 heavy (non-hydrogen) atoms. The fourth-order valence-electron chi connectivity index (χ4n) is 2.80. The Balaban J connectivity index is 2.05. The summed E-state index contributed by atoms with van der Waals surface area (Å²) in [4.78, 5) is 0. The Morgan fingerprint density at radius 2 is 2.15 bits per heavy atom. The molecule has 2 atom stereocenters. The minimum Gasteiger partial charge on any atom is -0.497 e. The van der Waals surface area contributed by atoms with Crippen molar-refractivity contribution in [2.24, 2.45) is 0 Å². The third kappa shape index (κ3) is 3.64. The largest absolute Gasteiger partial charge is 0.497 e. The van der Waals surface area contributed by atoms with Gasteiger partial charge in [0.15, 0.2) is 0 Å². The lowest BCUT2D eigenvalue weighted by molar-refractivity contribution is -0.0299. The Hall–Kier alpha value is -1.26. The van der Waals surface area contributed by atoms with Crippen LogP contribution in [0, 0.1) is 0 Å². The average molecular weight is 279 g/mol. The van der Waals surface area contributed by atoms with Crippen molar-refractivity contribution in [3.05, 3.63) is 24.3 Å². The van der Waals surface area contributed by atoms with Crippen LogP contribution < -0.4 is 10.1 Å². The number of methoxy groups -OCH3 is 1. The molecule has 2 N–H and O–H groups in total.